The van der Waals surface area contributed by atoms with E-state index in [-0.39, 0.29) is 0 Å². The van der Waals surface area contributed by atoms with Gasteiger partial charge in [-0.25, -0.2) is 19.9 Å². The van der Waals surface area contributed by atoms with E-state index in [4.69, 9.17) is 4.74 Å². The van der Waals surface area contributed by atoms with Crippen molar-refractivity contribution in [3.8, 4) is 5.88 Å². The summed E-state index contributed by atoms with van der Waals surface area (Å²) in [5.74, 6) is 2.83. The molecule has 3 aromatic rings. The maximum atomic E-state index is 6.01. The highest BCUT2D eigenvalue weighted by atomic mass is 16.5. The van der Waals surface area contributed by atoms with Gasteiger partial charge in [-0.05, 0) is 31.6 Å². The Bertz CT molecular complexity index is 960. The summed E-state index contributed by atoms with van der Waals surface area (Å²) in [6.07, 6.45) is 11.1. The second kappa shape index (κ2) is 7.33. The topological polar surface area (TPSA) is 81.9 Å². The Morgan fingerprint density at radius 1 is 1.04 bits per heavy atom. The van der Waals surface area contributed by atoms with Crippen molar-refractivity contribution in [2.75, 3.05) is 24.6 Å². The van der Waals surface area contributed by atoms with Gasteiger partial charge in [0.15, 0.2) is 5.65 Å². The lowest BCUT2D eigenvalue weighted by Gasteiger charge is -2.32. The van der Waals surface area contributed by atoms with Gasteiger partial charge < -0.3 is 9.64 Å². The molecule has 3 aromatic heterocycles. The lowest BCUT2D eigenvalue weighted by Crippen LogP contribution is -2.36. The molecule has 0 unspecified atom stereocenters. The highest BCUT2D eigenvalue weighted by molar-refractivity contribution is 5.86. The van der Waals surface area contributed by atoms with Crippen LogP contribution in [0, 0.1) is 5.92 Å². The quantitative estimate of drug-likeness (QED) is 0.674. The summed E-state index contributed by atoms with van der Waals surface area (Å²) in [7, 11) is 1.91. The number of aryl methyl sites for hydroxylation is 1. The number of ether oxygens (including phenoxy) is 1. The summed E-state index contributed by atoms with van der Waals surface area (Å²) < 4.78 is 7.80. The molecule has 8 heteroatoms. The van der Waals surface area contributed by atoms with Crippen LogP contribution in [0.4, 0.5) is 5.82 Å². The SMILES string of the molecule is Cn1ncc2c(N3CCC(COc4cc(C5CCC5)ncn4)CC3)ncnc21. The molecule has 5 rings (SSSR count). The summed E-state index contributed by atoms with van der Waals surface area (Å²) in [6, 6.07) is 2.03. The van der Waals surface area contributed by atoms with Gasteiger partial charge in [-0.1, -0.05) is 6.42 Å². The minimum atomic E-state index is 0.532. The molecule has 4 heterocycles. The predicted molar refractivity (Wildman–Crippen MR) is 105 cm³/mol. The van der Waals surface area contributed by atoms with Crippen molar-refractivity contribution >= 4 is 16.9 Å². The fourth-order valence-electron chi connectivity index (χ4n) is 4.08. The summed E-state index contributed by atoms with van der Waals surface area (Å²) in [5, 5.41) is 5.33. The Hall–Kier alpha value is -2.77. The van der Waals surface area contributed by atoms with Crippen LogP contribution < -0.4 is 9.64 Å². The molecule has 1 saturated heterocycles. The molecule has 0 amide bonds. The van der Waals surface area contributed by atoms with Gasteiger partial charge >= 0.3 is 0 Å². The van der Waals surface area contributed by atoms with Gasteiger partial charge in [0.25, 0.3) is 0 Å². The van der Waals surface area contributed by atoms with E-state index in [9.17, 15) is 0 Å². The van der Waals surface area contributed by atoms with E-state index in [1.54, 1.807) is 17.3 Å². The second-order valence-electron chi connectivity index (χ2n) is 7.85. The standard InChI is InChI=1S/C20H25N7O/c1-26-19-16(10-25-26)20(24-13-23-19)27-7-5-14(6-8-27)11-28-18-9-17(21-12-22-18)15-3-2-4-15/h9-10,12-15H,2-8,11H2,1H3. The van der Waals surface area contributed by atoms with E-state index in [0.717, 1.165) is 48.5 Å². The molecule has 8 nitrogen and oxygen atoms in total. The minimum Gasteiger partial charge on any atom is -0.477 e. The zero-order valence-electron chi connectivity index (χ0n) is 16.2. The van der Waals surface area contributed by atoms with Crippen LogP contribution in [0.1, 0.15) is 43.7 Å². The van der Waals surface area contributed by atoms with Crippen molar-refractivity contribution in [3.05, 3.63) is 30.6 Å². The average Bonchev–Trinajstić information content (AvgIpc) is 3.07. The second-order valence-corrected chi connectivity index (χ2v) is 7.85. The first kappa shape index (κ1) is 17.3. The number of anilines is 1. The van der Waals surface area contributed by atoms with Crippen molar-refractivity contribution < 1.29 is 4.74 Å². The third-order valence-electron chi connectivity index (χ3n) is 6.08. The number of aromatic nitrogens is 6. The van der Waals surface area contributed by atoms with Gasteiger partial charge in [0, 0.05) is 32.1 Å². The minimum absolute atomic E-state index is 0.532. The van der Waals surface area contributed by atoms with E-state index in [0.29, 0.717) is 24.3 Å². The first-order valence-electron chi connectivity index (χ1n) is 10.1. The largest absolute Gasteiger partial charge is 0.477 e. The summed E-state index contributed by atoms with van der Waals surface area (Å²) in [6.45, 7) is 2.64. The molecule has 1 aliphatic heterocycles. The summed E-state index contributed by atoms with van der Waals surface area (Å²) in [5.41, 5.74) is 2.01. The lowest BCUT2D eigenvalue weighted by molar-refractivity contribution is 0.215. The van der Waals surface area contributed by atoms with Crippen LogP contribution in [0.2, 0.25) is 0 Å². The first-order chi connectivity index (χ1) is 13.8. The van der Waals surface area contributed by atoms with E-state index in [2.05, 4.69) is 29.9 Å². The Morgan fingerprint density at radius 2 is 1.86 bits per heavy atom. The van der Waals surface area contributed by atoms with Gasteiger partial charge in [-0.15, -0.1) is 0 Å². The molecule has 2 aliphatic rings. The van der Waals surface area contributed by atoms with Gasteiger partial charge in [-0.2, -0.15) is 5.10 Å². The Balaban J connectivity index is 1.18. The molecule has 0 radical (unpaired) electrons. The van der Waals surface area contributed by atoms with Gasteiger partial charge in [-0.3, -0.25) is 4.68 Å². The number of rotatable bonds is 5. The van der Waals surface area contributed by atoms with Gasteiger partial charge in [0.2, 0.25) is 5.88 Å². The Kier molecular flexibility index (Phi) is 4.54. The fourth-order valence-corrected chi connectivity index (χ4v) is 4.08. The third-order valence-corrected chi connectivity index (χ3v) is 6.08. The van der Waals surface area contributed by atoms with Crippen LogP contribution >= 0.6 is 0 Å². The van der Waals surface area contributed by atoms with Crippen molar-refractivity contribution in [1.82, 2.24) is 29.7 Å². The molecule has 1 aliphatic carbocycles. The summed E-state index contributed by atoms with van der Waals surface area (Å²) >= 11 is 0. The molecular formula is C20H25N7O. The molecule has 0 bridgehead atoms. The summed E-state index contributed by atoms with van der Waals surface area (Å²) in [4.78, 5) is 19.9. The average molecular weight is 379 g/mol. The monoisotopic (exact) mass is 379 g/mol. The number of hydrogen-bond acceptors (Lipinski definition) is 7. The molecule has 0 atom stereocenters. The number of piperidine rings is 1. The Morgan fingerprint density at radius 3 is 2.64 bits per heavy atom. The van der Waals surface area contributed by atoms with Crippen molar-refractivity contribution in [1.29, 1.82) is 0 Å². The van der Waals surface area contributed by atoms with Crippen molar-refractivity contribution in [2.24, 2.45) is 13.0 Å². The molecule has 0 spiro atoms. The molecule has 1 saturated carbocycles. The maximum Gasteiger partial charge on any atom is 0.216 e. The zero-order valence-corrected chi connectivity index (χ0v) is 16.2. The first-order valence-corrected chi connectivity index (χ1v) is 10.1. The Labute approximate surface area is 164 Å². The van der Waals surface area contributed by atoms with Crippen LogP contribution in [0.3, 0.4) is 0 Å². The third kappa shape index (κ3) is 3.27. The fraction of sp³-hybridized carbons (Fsp3) is 0.550. The maximum absolute atomic E-state index is 6.01. The number of hydrogen-bond donors (Lipinski definition) is 0. The molecule has 28 heavy (non-hydrogen) atoms. The predicted octanol–water partition coefficient (Wildman–Crippen LogP) is 2.72. The van der Waals surface area contributed by atoms with Crippen LogP contribution in [-0.2, 0) is 7.05 Å². The number of fused-ring (bicyclic) bond motifs is 1. The molecular weight excluding hydrogens is 354 g/mol. The highest BCUT2D eigenvalue weighted by Crippen LogP contribution is 2.36. The van der Waals surface area contributed by atoms with Crippen LogP contribution in [0.25, 0.3) is 11.0 Å². The molecule has 2 fully saturated rings. The van der Waals surface area contributed by atoms with Crippen molar-refractivity contribution in [2.45, 2.75) is 38.0 Å². The van der Waals surface area contributed by atoms with E-state index >= 15 is 0 Å². The molecule has 0 aromatic carbocycles. The molecule has 146 valence electrons. The number of nitrogens with zero attached hydrogens (tertiary/aromatic N) is 7. The smallest absolute Gasteiger partial charge is 0.216 e. The van der Waals surface area contributed by atoms with Crippen LogP contribution in [0.15, 0.2) is 24.9 Å². The van der Waals surface area contributed by atoms with E-state index in [1.165, 1.54) is 19.3 Å². The lowest BCUT2D eigenvalue weighted by atomic mass is 9.83. The van der Waals surface area contributed by atoms with Crippen LogP contribution in [0.5, 0.6) is 5.88 Å². The van der Waals surface area contributed by atoms with E-state index < -0.39 is 0 Å². The van der Waals surface area contributed by atoms with Crippen LogP contribution in [-0.4, -0.2) is 49.4 Å². The van der Waals surface area contributed by atoms with E-state index in [1.807, 2.05) is 19.3 Å². The molecule has 0 N–H and O–H groups in total. The van der Waals surface area contributed by atoms with Gasteiger partial charge in [0.05, 0.1) is 23.9 Å². The normalized spacial score (nSPS) is 18.4. The van der Waals surface area contributed by atoms with Gasteiger partial charge in [0.1, 0.15) is 18.5 Å². The highest BCUT2D eigenvalue weighted by Gasteiger charge is 2.24. The zero-order chi connectivity index (χ0) is 18.9. The van der Waals surface area contributed by atoms with Crippen molar-refractivity contribution in [3.63, 3.8) is 0 Å².